The van der Waals surface area contributed by atoms with E-state index in [4.69, 9.17) is 15.6 Å². The average molecular weight is 232 g/mol. The molecule has 1 rings (SSSR count). The van der Waals surface area contributed by atoms with Crippen LogP contribution in [0.5, 0.6) is 5.75 Å². The van der Waals surface area contributed by atoms with Gasteiger partial charge < -0.3 is 15.6 Å². The van der Waals surface area contributed by atoms with Crippen LogP contribution in [0.25, 0.3) is 0 Å². The van der Waals surface area contributed by atoms with E-state index in [0.29, 0.717) is 6.61 Å². The summed E-state index contributed by atoms with van der Waals surface area (Å²) in [5.74, 6) is 0.757. The number of hydrogen-bond donors (Lipinski definition) is 2. The molecule has 4 heteroatoms. The van der Waals surface area contributed by atoms with Crippen LogP contribution < -0.4 is 10.5 Å². The summed E-state index contributed by atoms with van der Waals surface area (Å²) in [4.78, 5) is 0. The van der Waals surface area contributed by atoms with Crippen molar-refractivity contribution in [3.63, 3.8) is 0 Å². The maximum absolute atomic E-state index is 9.10. The maximum atomic E-state index is 9.10. The quantitative estimate of drug-likeness (QED) is 0.828. The number of rotatable bonds is 4. The van der Waals surface area contributed by atoms with Crippen molar-refractivity contribution in [1.29, 1.82) is 0 Å². The van der Waals surface area contributed by atoms with Gasteiger partial charge in [0.25, 0.3) is 0 Å². The monoisotopic (exact) mass is 231 g/mol. The van der Waals surface area contributed by atoms with Crippen molar-refractivity contribution in [1.82, 2.24) is 0 Å². The minimum Gasteiger partial charge on any atom is -0.491 e. The zero-order valence-electron chi connectivity index (χ0n) is 9.06. The van der Waals surface area contributed by atoms with Gasteiger partial charge >= 0.3 is 0 Å². The van der Waals surface area contributed by atoms with Gasteiger partial charge in [-0.3, -0.25) is 0 Å². The molecular weight excluding hydrogens is 214 g/mol. The first-order chi connectivity index (χ1) is 6.65. The Morgan fingerprint density at radius 3 is 2.67 bits per heavy atom. The van der Waals surface area contributed by atoms with Crippen LogP contribution >= 0.6 is 12.4 Å². The molecule has 1 aromatic rings. The van der Waals surface area contributed by atoms with Crippen molar-refractivity contribution in [2.24, 2.45) is 5.73 Å². The first kappa shape index (κ1) is 14.2. The zero-order valence-corrected chi connectivity index (χ0v) is 9.88. The third-order valence-electron chi connectivity index (χ3n) is 1.95. The first-order valence-corrected chi connectivity index (χ1v) is 4.73. The zero-order chi connectivity index (χ0) is 10.6. The number of aliphatic hydroxyl groups excluding tert-OH is 1. The van der Waals surface area contributed by atoms with Crippen LogP contribution in [0.15, 0.2) is 18.2 Å². The molecule has 3 nitrogen and oxygen atoms in total. The van der Waals surface area contributed by atoms with Gasteiger partial charge in [-0.05, 0) is 19.4 Å². The number of ether oxygens (including phenoxy) is 1. The molecule has 0 aliphatic rings. The van der Waals surface area contributed by atoms with Crippen molar-refractivity contribution >= 4 is 12.4 Å². The second-order valence-corrected chi connectivity index (χ2v) is 3.51. The Kier molecular flexibility index (Phi) is 6.32. The molecule has 86 valence electrons. The number of nitrogens with two attached hydrogens (primary N) is 1. The van der Waals surface area contributed by atoms with Crippen LogP contribution in [0.2, 0.25) is 0 Å². The van der Waals surface area contributed by atoms with Crippen molar-refractivity contribution in [2.45, 2.75) is 26.5 Å². The van der Waals surface area contributed by atoms with E-state index in [2.05, 4.69) is 0 Å². The summed E-state index contributed by atoms with van der Waals surface area (Å²) in [7, 11) is 0. The molecule has 1 aromatic carbocycles. The Bertz CT molecular complexity index is 303. The number of aryl methyl sites for hydroxylation is 1. The fourth-order valence-corrected chi connectivity index (χ4v) is 1.26. The summed E-state index contributed by atoms with van der Waals surface area (Å²) in [6, 6.07) is 5.71. The fraction of sp³-hybridized carbons (Fsp3) is 0.455. The fourth-order valence-electron chi connectivity index (χ4n) is 1.26. The third kappa shape index (κ3) is 4.08. The SMILES string of the molecule is Cc1cccc(CO)c1OCC(C)N.Cl. The van der Waals surface area contributed by atoms with Crippen LogP contribution in [-0.4, -0.2) is 17.8 Å². The molecule has 3 N–H and O–H groups in total. The van der Waals surface area contributed by atoms with Crippen molar-refractivity contribution < 1.29 is 9.84 Å². The molecule has 0 radical (unpaired) electrons. The molecule has 0 bridgehead atoms. The minimum absolute atomic E-state index is 0. The van der Waals surface area contributed by atoms with Gasteiger partial charge in [-0.2, -0.15) is 0 Å². The second-order valence-electron chi connectivity index (χ2n) is 3.51. The lowest BCUT2D eigenvalue weighted by molar-refractivity contribution is 0.256. The molecular formula is C11H18ClNO2. The van der Waals surface area contributed by atoms with Crippen molar-refractivity contribution in [3.05, 3.63) is 29.3 Å². The average Bonchev–Trinajstić information content (AvgIpc) is 2.15. The first-order valence-electron chi connectivity index (χ1n) is 4.73. The predicted octanol–water partition coefficient (Wildman–Crippen LogP) is 1.64. The van der Waals surface area contributed by atoms with Gasteiger partial charge in [0.15, 0.2) is 0 Å². The highest BCUT2D eigenvalue weighted by Crippen LogP contribution is 2.23. The number of para-hydroxylation sites is 1. The molecule has 1 atom stereocenters. The van der Waals surface area contributed by atoms with Crippen LogP contribution in [0, 0.1) is 6.92 Å². The van der Waals surface area contributed by atoms with Crippen LogP contribution in [0.3, 0.4) is 0 Å². The lowest BCUT2D eigenvalue weighted by Crippen LogP contribution is -2.24. The number of aliphatic hydroxyl groups is 1. The molecule has 0 aliphatic heterocycles. The largest absolute Gasteiger partial charge is 0.491 e. The van der Waals surface area contributed by atoms with Gasteiger partial charge in [-0.15, -0.1) is 12.4 Å². The Hall–Kier alpha value is -0.770. The molecule has 0 aliphatic carbocycles. The van der Waals surface area contributed by atoms with Crippen molar-refractivity contribution in [3.8, 4) is 5.75 Å². The molecule has 0 saturated heterocycles. The minimum atomic E-state index is -0.00400. The van der Waals surface area contributed by atoms with E-state index >= 15 is 0 Å². The molecule has 0 heterocycles. The normalized spacial score (nSPS) is 11.7. The topological polar surface area (TPSA) is 55.5 Å². The smallest absolute Gasteiger partial charge is 0.127 e. The maximum Gasteiger partial charge on any atom is 0.127 e. The van der Waals surface area contributed by atoms with Crippen LogP contribution in [0.4, 0.5) is 0 Å². The summed E-state index contributed by atoms with van der Waals surface area (Å²) in [5, 5.41) is 9.10. The Labute approximate surface area is 96.7 Å². The van der Waals surface area contributed by atoms with Gasteiger partial charge in [0.2, 0.25) is 0 Å². The van der Waals surface area contributed by atoms with E-state index in [1.807, 2.05) is 32.0 Å². The number of hydrogen-bond acceptors (Lipinski definition) is 3. The summed E-state index contributed by atoms with van der Waals surface area (Å²) >= 11 is 0. The highest BCUT2D eigenvalue weighted by atomic mass is 35.5. The van der Waals surface area contributed by atoms with E-state index in [1.54, 1.807) is 0 Å². The Balaban J connectivity index is 0.00000196. The summed E-state index contributed by atoms with van der Waals surface area (Å²) in [6.45, 7) is 4.31. The predicted molar refractivity (Wildman–Crippen MR) is 63.5 cm³/mol. The third-order valence-corrected chi connectivity index (χ3v) is 1.95. The van der Waals surface area contributed by atoms with Crippen LogP contribution in [-0.2, 0) is 6.61 Å². The van der Waals surface area contributed by atoms with E-state index in [-0.39, 0.29) is 25.1 Å². The Morgan fingerprint density at radius 2 is 2.13 bits per heavy atom. The molecule has 1 unspecified atom stereocenters. The molecule has 15 heavy (non-hydrogen) atoms. The van der Waals surface area contributed by atoms with Gasteiger partial charge in [-0.25, -0.2) is 0 Å². The van der Waals surface area contributed by atoms with E-state index in [1.165, 1.54) is 0 Å². The lowest BCUT2D eigenvalue weighted by Gasteiger charge is -2.14. The summed E-state index contributed by atoms with van der Waals surface area (Å²) in [6.07, 6.45) is 0. The summed E-state index contributed by atoms with van der Waals surface area (Å²) < 4.78 is 5.54. The molecule has 0 amide bonds. The molecule has 0 fully saturated rings. The van der Waals surface area contributed by atoms with Crippen molar-refractivity contribution in [2.75, 3.05) is 6.61 Å². The van der Waals surface area contributed by atoms with E-state index in [9.17, 15) is 0 Å². The molecule has 0 saturated carbocycles. The van der Waals surface area contributed by atoms with Gasteiger partial charge in [0.1, 0.15) is 12.4 Å². The lowest BCUT2D eigenvalue weighted by atomic mass is 10.1. The number of halogens is 1. The number of benzene rings is 1. The Morgan fingerprint density at radius 1 is 1.47 bits per heavy atom. The second kappa shape index (κ2) is 6.67. The van der Waals surface area contributed by atoms with E-state index < -0.39 is 0 Å². The summed E-state index contributed by atoms with van der Waals surface area (Å²) in [5.41, 5.74) is 7.43. The van der Waals surface area contributed by atoms with Gasteiger partial charge in [0, 0.05) is 11.6 Å². The molecule has 0 spiro atoms. The molecule has 0 aromatic heterocycles. The van der Waals surface area contributed by atoms with Gasteiger partial charge in [0.05, 0.1) is 6.61 Å². The van der Waals surface area contributed by atoms with Gasteiger partial charge in [-0.1, -0.05) is 18.2 Å². The highest BCUT2D eigenvalue weighted by Gasteiger charge is 2.06. The standard InChI is InChI=1S/C11H17NO2.ClH/c1-8-4-3-5-10(6-13)11(8)14-7-9(2)12;/h3-5,9,13H,6-7,12H2,1-2H3;1H. The van der Waals surface area contributed by atoms with Crippen LogP contribution in [0.1, 0.15) is 18.1 Å². The highest BCUT2D eigenvalue weighted by molar-refractivity contribution is 5.85. The van der Waals surface area contributed by atoms with E-state index in [0.717, 1.165) is 16.9 Å².